The number of carbonyl (C=O) groups is 3. The van der Waals surface area contributed by atoms with E-state index in [1.165, 1.54) is 122 Å². The molecule has 0 radical (unpaired) electrons. The van der Waals surface area contributed by atoms with Crippen molar-refractivity contribution >= 4 is 17.9 Å². The fourth-order valence-electron chi connectivity index (χ4n) is 6.10. The monoisotopic (exact) mass is 681 g/mol. The lowest BCUT2D eigenvalue weighted by atomic mass is 10.0. The lowest BCUT2D eigenvalue weighted by molar-refractivity contribution is -0.167. The van der Waals surface area contributed by atoms with E-state index in [2.05, 4.69) is 27.7 Å². The Labute approximate surface area is 298 Å². The molecule has 0 amide bonds. The van der Waals surface area contributed by atoms with Gasteiger partial charge in [-0.2, -0.15) is 0 Å². The Morgan fingerprint density at radius 2 is 0.688 bits per heavy atom. The van der Waals surface area contributed by atoms with Gasteiger partial charge in [-0.1, -0.05) is 188 Å². The summed E-state index contributed by atoms with van der Waals surface area (Å²) in [7, 11) is 0. The summed E-state index contributed by atoms with van der Waals surface area (Å²) < 4.78 is 16.6. The SMILES string of the molecule is CCCCCCCCCCCCCC(=O)O[C@H](COC(=O)CCCCCCCCCCCC)COC(=O)CCCCCCCCC(C)C. The molecule has 0 N–H and O–H groups in total. The Morgan fingerprint density at radius 1 is 0.396 bits per heavy atom. The van der Waals surface area contributed by atoms with E-state index in [-0.39, 0.29) is 31.1 Å². The van der Waals surface area contributed by atoms with Crippen molar-refractivity contribution in [2.45, 2.75) is 233 Å². The molecule has 0 unspecified atom stereocenters. The van der Waals surface area contributed by atoms with Crippen molar-refractivity contribution in [2.24, 2.45) is 5.92 Å². The van der Waals surface area contributed by atoms with Crippen molar-refractivity contribution in [2.75, 3.05) is 13.2 Å². The van der Waals surface area contributed by atoms with Crippen LogP contribution in [0.5, 0.6) is 0 Å². The molecule has 0 heterocycles. The van der Waals surface area contributed by atoms with Crippen LogP contribution < -0.4 is 0 Å². The average molecular weight is 681 g/mol. The van der Waals surface area contributed by atoms with Crippen molar-refractivity contribution in [1.82, 2.24) is 0 Å². The van der Waals surface area contributed by atoms with Crippen molar-refractivity contribution in [1.29, 1.82) is 0 Å². The Morgan fingerprint density at radius 3 is 1.02 bits per heavy atom. The Hall–Kier alpha value is -1.59. The summed E-state index contributed by atoms with van der Waals surface area (Å²) in [5, 5.41) is 0. The zero-order valence-corrected chi connectivity index (χ0v) is 32.4. The summed E-state index contributed by atoms with van der Waals surface area (Å²) in [6.07, 6.45) is 33.8. The molecule has 0 aliphatic heterocycles. The standard InChI is InChI=1S/C42H80O6/c1-5-7-9-11-13-15-17-19-21-27-31-35-42(45)48-39(37-47-41(44)34-30-26-23-22-24-28-32-38(3)4)36-46-40(43)33-29-25-20-18-16-14-12-10-8-6-2/h38-39H,5-37H2,1-4H3/t39-/m1/s1. The fourth-order valence-corrected chi connectivity index (χ4v) is 6.10. The van der Waals surface area contributed by atoms with E-state index in [1.54, 1.807) is 0 Å². The second kappa shape index (κ2) is 36.7. The van der Waals surface area contributed by atoms with Crippen LogP contribution in [0.3, 0.4) is 0 Å². The maximum Gasteiger partial charge on any atom is 0.306 e. The first kappa shape index (κ1) is 46.4. The number of esters is 3. The number of hydrogen-bond acceptors (Lipinski definition) is 6. The van der Waals surface area contributed by atoms with Crippen molar-refractivity contribution in [3.05, 3.63) is 0 Å². The molecule has 0 saturated heterocycles. The third-order valence-electron chi connectivity index (χ3n) is 9.29. The smallest absolute Gasteiger partial charge is 0.306 e. The van der Waals surface area contributed by atoms with E-state index in [0.29, 0.717) is 19.3 Å². The highest BCUT2D eigenvalue weighted by Gasteiger charge is 2.19. The zero-order valence-electron chi connectivity index (χ0n) is 32.4. The maximum atomic E-state index is 12.6. The molecule has 0 aliphatic rings. The lowest BCUT2D eigenvalue weighted by Crippen LogP contribution is -2.30. The fraction of sp³-hybridized carbons (Fsp3) is 0.929. The van der Waals surface area contributed by atoms with Crippen LogP contribution in [0.25, 0.3) is 0 Å². The van der Waals surface area contributed by atoms with Gasteiger partial charge in [0.25, 0.3) is 0 Å². The molecule has 284 valence electrons. The van der Waals surface area contributed by atoms with Crippen LogP contribution in [0.2, 0.25) is 0 Å². The number of rotatable bonds is 37. The van der Waals surface area contributed by atoms with Gasteiger partial charge < -0.3 is 14.2 Å². The highest BCUT2D eigenvalue weighted by molar-refractivity contribution is 5.71. The van der Waals surface area contributed by atoms with E-state index in [4.69, 9.17) is 14.2 Å². The third-order valence-corrected chi connectivity index (χ3v) is 9.29. The minimum absolute atomic E-state index is 0.0652. The van der Waals surface area contributed by atoms with Gasteiger partial charge in [0.2, 0.25) is 0 Å². The largest absolute Gasteiger partial charge is 0.462 e. The van der Waals surface area contributed by atoms with E-state index >= 15 is 0 Å². The van der Waals surface area contributed by atoms with Crippen molar-refractivity contribution in [3.8, 4) is 0 Å². The highest BCUT2D eigenvalue weighted by atomic mass is 16.6. The molecule has 6 heteroatoms. The minimum Gasteiger partial charge on any atom is -0.462 e. The van der Waals surface area contributed by atoms with Crippen LogP contribution in [0.1, 0.15) is 227 Å². The molecule has 6 nitrogen and oxygen atoms in total. The van der Waals surface area contributed by atoms with E-state index in [9.17, 15) is 14.4 Å². The summed E-state index contributed by atoms with van der Waals surface area (Å²) in [5.74, 6) is -0.103. The molecule has 0 fully saturated rings. The van der Waals surface area contributed by atoms with Gasteiger partial charge in [-0.05, 0) is 25.2 Å². The van der Waals surface area contributed by atoms with Gasteiger partial charge in [0.1, 0.15) is 13.2 Å². The predicted molar refractivity (Wildman–Crippen MR) is 201 cm³/mol. The minimum atomic E-state index is -0.758. The number of unbranched alkanes of at least 4 members (excludes halogenated alkanes) is 24. The molecule has 0 aromatic carbocycles. The van der Waals surface area contributed by atoms with Crippen molar-refractivity contribution in [3.63, 3.8) is 0 Å². The van der Waals surface area contributed by atoms with Crippen molar-refractivity contribution < 1.29 is 28.6 Å². The predicted octanol–water partition coefficient (Wildman–Crippen LogP) is 12.8. The summed E-state index contributed by atoms with van der Waals surface area (Å²) in [4.78, 5) is 37.5. The molecule has 0 saturated carbocycles. The molecule has 0 aliphatic carbocycles. The Balaban J connectivity index is 4.35. The van der Waals surface area contributed by atoms with Crippen LogP contribution >= 0.6 is 0 Å². The van der Waals surface area contributed by atoms with Gasteiger partial charge in [0.15, 0.2) is 6.10 Å². The van der Waals surface area contributed by atoms with Gasteiger partial charge in [-0.15, -0.1) is 0 Å². The second-order valence-electron chi connectivity index (χ2n) is 14.7. The molecule has 0 spiro atoms. The molecular weight excluding hydrogens is 600 g/mol. The van der Waals surface area contributed by atoms with Gasteiger partial charge in [0.05, 0.1) is 0 Å². The zero-order chi connectivity index (χ0) is 35.3. The topological polar surface area (TPSA) is 78.9 Å². The van der Waals surface area contributed by atoms with E-state index < -0.39 is 6.10 Å². The molecule has 0 aromatic heterocycles. The van der Waals surface area contributed by atoms with Gasteiger partial charge in [-0.3, -0.25) is 14.4 Å². The summed E-state index contributed by atoms with van der Waals surface area (Å²) in [6.45, 7) is 8.89. The molecule has 1 atom stereocenters. The first-order chi connectivity index (χ1) is 23.4. The van der Waals surface area contributed by atoms with Crippen LogP contribution in [-0.2, 0) is 28.6 Å². The van der Waals surface area contributed by atoms with E-state index in [0.717, 1.165) is 63.7 Å². The molecule has 0 bridgehead atoms. The molecule has 48 heavy (non-hydrogen) atoms. The van der Waals surface area contributed by atoms with Gasteiger partial charge >= 0.3 is 17.9 Å². The summed E-state index contributed by atoms with van der Waals surface area (Å²) in [6, 6.07) is 0. The third kappa shape index (κ3) is 35.7. The molecular formula is C42H80O6. The summed E-state index contributed by atoms with van der Waals surface area (Å²) >= 11 is 0. The number of carbonyl (C=O) groups excluding carboxylic acids is 3. The number of hydrogen-bond donors (Lipinski definition) is 0. The van der Waals surface area contributed by atoms with E-state index in [1.807, 2.05) is 0 Å². The average Bonchev–Trinajstić information content (AvgIpc) is 3.06. The van der Waals surface area contributed by atoms with Crippen LogP contribution in [-0.4, -0.2) is 37.2 Å². The number of ether oxygens (including phenoxy) is 3. The first-order valence-corrected chi connectivity index (χ1v) is 20.9. The second-order valence-corrected chi connectivity index (χ2v) is 14.7. The van der Waals surface area contributed by atoms with Crippen LogP contribution in [0.4, 0.5) is 0 Å². The summed E-state index contributed by atoms with van der Waals surface area (Å²) in [5.41, 5.74) is 0. The quantitative estimate of drug-likeness (QED) is 0.0369. The van der Waals surface area contributed by atoms with Gasteiger partial charge in [-0.25, -0.2) is 0 Å². The maximum absolute atomic E-state index is 12.6. The Bertz CT molecular complexity index is 721. The first-order valence-electron chi connectivity index (χ1n) is 20.9. The normalized spacial score (nSPS) is 11.9. The van der Waals surface area contributed by atoms with Crippen LogP contribution in [0.15, 0.2) is 0 Å². The Kier molecular flexibility index (Phi) is 35.5. The highest BCUT2D eigenvalue weighted by Crippen LogP contribution is 2.15. The molecule has 0 aromatic rings. The lowest BCUT2D eigenvalue weighted by Gasteiger charge is -2.18. The molecule has 0 rings (SSSR count). The van der Waals surface area contributed by atoms with Crippen LogP contribution in [0, 0.1) is 5.92 Å². The van der Waals surface area contributed by atoms with Gasteiger partial charge in [0, 0.05) is 19.3 Å².